The third kappa shape index (κ3) is 3.24. The summed E-state index contributed by atoms with van der Waals surface area (Å²) in [6, 6.07) is 12.1. The van der Waals surface area contributed by atoms with Gasteiger partial charge in [0.05, 0.1) is 6.67 Å². The van der Waals surface area contributed by atoms with Crippen molar-refractivity contribution in [3.63, 3.8) is 0 Å². The molecule has 1 aromatic heterocycles. The van der Waals surface area contributed by atoms with Crippen LogP contribution < -0.4 is 5.32 Å². The first kappa shape index (κ1) is 17.5. The van der Waals surface area contributed by atoms with E-state index in [1.54, 1.807) is 6.08 Å². The summed E-state index contributed by atoms with van der Waals surface area (Å²) in [5.74, 6) is -0.654. The van der Waals surface area contributed by atoms with Gasteiger partial charge in [-0.05, 0) is 50.6 Å². The van der Waals surface area contributed by atoms with Crippen molar-refractivity contribution < 1.29 is 9.59 Å². The van der Waals surface area contributed by atoms with Gasteiger partial charge < -0.3 is 14.8 Å². The maximum atomic E-state index is 12.5. The number of aromatic nitrogens is 1. The van der Waals surface area contributed by atoms with Crippen LogP contribution in [0.25, 0.3) is 11.8 Å². The van der Waals surface area contributed by atoms with Gasteiger partial charge in [0.1, 0.15) is 18.2 Å². The number of carbonyl (C=O) groups excluding carboxylic acids is 2. The summed E-state index contributed by atoms with van der Waals surface area (Å²) < 4.78 is 2.09. The van der Waals surface area contributed by atoms with Crippen molar-refractivity contribution in [3.05, 3.63) is 58.4 Å². The van der Waals surface area contributed by atoms with Crippen LogP contribution in [0.1, 0.15) is 22.5 Å². The molecule has 0 radical (unpaired) electrons. The molecule has 0 spiro atoms. The minimum absolute atomic E-state index is 0.0136. The third-order valence-corrected chi connectivity index (χ3v) is 4.50. The van der Waals surface area contributed by atoms with Gasteiger partial charge in [-0.3, -0.25) is 9.59 Å². The highest BCUT2D eigenvalue weighted by Gasteiger charge is 2.26. The zero-order valence-electron chi connectivity index (χ0n) is 15.0. The molecule has 3 rings (SSSR count). The van der Waals surface area contributed by atoms with Crippen LogP contribution in [0.4, 0.5) is 0 Å². The Labute approximate surface area is 152 Å². The fraction of sp³-hybridized carbons (Fsp3) is 0.250. The first-order valence-electron chi connectivity index (χ1n) is 8.34. The molecule has 2 heterocycles. The maximum absolute atomic E-state index is 12.5. The summed E-state index contributed by atoms with van der Waals surface area (Å²) in [4.78, 5) is 25.1. The summed E-state index contributed by atoms with van der Waals surface area (Å²) in [6.45, 7) is 6.11. The second-order valence-electron chi connectivity index (χ2n) is 6.43. The predicted octanol–water partition coefficient (Wildman–Crippen LogP) is 2.23. The Morgan fingerprint density at radius 3 is 2.50 bits per heavy atom. The van der Waals surface area contributed by atoms with Gasteiger partial charge in [-0.1, -0.05) is 17.7 Å². The van der Waals surface area contributed by atoms with E-state index in [9.17, 15) is 14.9 Å². The van der Waals surface area contributed by atoms with Crippen molar-refractivity contribution >= 4 is 17.9 Å². The first-order chi connectivity index (χ1) is 12.4. The topological polar surface area (TPSA) is 78.1 Å². The molecule has 0 bridgehead atoms. The van der Waals surface area contributed by atoms with Crippen molar-refractivity contribution in [2.45, 2.75) is 20.8 Å². The predicted molar refractivity (Wildman–Crippen MR) is 98.3 cm³/mol. The Balaban J connectivity index is 1.96. The normalized spacial score (nSPS) is 14.3. The summed E-state index contributed by atoms with van der Waals surface area (Å²) in [6.07, 6.45) is 1.60. The molecule has 0 aliphatic carbocycles. The van der Waals surface area contributed by atoms with Crippen LogP contribution in [0.5, 0.6) is 0 Å². The lowest BCUT2D eigenvalue weighted by atomic mass is 10.1. The van der Waals surface area contributed by atoms with E-state index in [4.69, 9.17) is 0 Å². The van der Waals surface area contributed by atoms with Crippen LogP contribution >= 0.6 is 0 Å². The molecule has 1 aromatic carbocycles. The number of amides is 2. The molecular weight excluding hydrogens is 328 g/mol. The van der Waals surface area contributed by atoms with Gasteiger partial charge in [0.25, 0.3) is 5.91 Å². The zero-order chi connectivity index (χ0) is 18.8. The van der Waals surface area contributed by atoms with Crippen molar-refractivity contribution in [3.8, 4) is 11.8 Å². The number of rotatable bonds is 3. The lowest BCUT2D eigenvalue weighted by molar-refractivity contribution is -0.127. The molecule has 2 amide bonds. The molecule has 1 fully saturated rings. The molecule has 1 N–H and O–H groups in total. The molecule has 132 valence electrons. The number of aryl methyl sites for hydroxylation is 2. The number of benzene rings is 1. The number of nitrogens with one attached hydrogen (secondary N) is 1. The fourth-order valence-corrected chi connectivity index (χ4v) is 3.10. The van der Waals surface area contributed by atoms with Gasteiger partial charge in [-0.2, -0.15) is 5.26 Å². The minimum Gasteiger partial charge on any atom is -0.337 e. The molecule has 26 heavy (non-hydrogen) atoms. The van der Waals surface area contributed by atoms with Gasteiger partial charge >= 0.3 is 0 Å². The van der Waals surface area contributed by atoms with Crippen LogP contribution in [-0.2, 0) is 9.59 Å². The maximum Gasteiger partial charge on any atom is 0.266 e. The van der Waals surface area contributed by atoms with E-state index in [0.717, 1.165) is 22.6 Å². The van der Waals surface area contributed by atoms with Crippen LogP contribution in [0.2, 0.25) is 0 Å². The Morgan fingerprint density at radius 1 is 1.23 bits per heavy atom. The number of hydrogen-bond donors (Lipinski definition) is 1. The van der Waals surface area contributed by atoms with Crippen molar-refractivity contribution in [2.75, 3.05) is 13.2 Å². The average Bonchev–Trinajstić information content (AvgIpc) is 3.17. The molecule has 1 saturated heterocycles. The summed E-state index contributed by atoms with van der Waals surface area (Å²) >= 11 is 0. The van der Waals surface area contributed by atoms with E-state index < -0.39 is 5.91 Å². The average molecular weight is 348 g/mol. The molecule has 6 heteroatoms. The lowest BCUT2D eigenvalue weighted by Gasteiger charge is -2.12. The molecule has 0 saturated carbocycles. The summed E-state index contributed by atoms with van der Waals surface area (Å²) in [5.41, 5.74) is 5.01. The third-order valence-electron chi connectivity index (χ3n) is 4.50. The molecule has 1 aliphatic heterocycles. The zero-order valence-corrected chi connectivity index (χ0v) is 15.0. The molecule has 1 aliphatic rings. The Morgan fingerprint density at radius 2 is 1.92 bits per heavy atom. The standard InChI is InChI=1S/C20H20N4O2/c1-13-4-6-18(7-5-13)24-14(2)8-16(15(24)3)9-17(10-21)20(26)23-11-19(25)22-12-23/h4-9H,11-12H2,1-3H3,(H,22,25)/b17-9+. The van der Waals surface area contributed by atoms with Crippen LogP contribution in [0, 0.1) is 32.1 Å². The highest BCUT2D eigenvalue weighted by molar-refractivity contribution is 6.04. The SMILES string of the molecule is Cc1ccc(-n2c(C)cc(/C=C(\C#N)C(=O)N3CNC(=O)C3)c2C)cc1. The number of nitriles is 1. The first-order valence-corrected chi connectivity index (χ1v) is 8.34. The van der Waals surface area contributed by atoms with Gasteiger partial charge in [0.15, 0.2) is 0 Å². The minimum atomic E-state index is -0.439. The highest BCUT2D eigenvalue weighted by atomic mass is 16.2. The molecule has 6 nitrogen and oxygen atoms in total. The highest BCUT2D eigenvalue weighted by Crippen LogP contribution is 2.23. The second-order valence-corrected chi connectivity index (χ2v) is 6.43. The van der Waals surface area contributed by atoms with E-state index in [-0.39, 0.29) is 24.7 Å². The monoisotopic (exact) mass is 348 g/mol. The van der Waals surface area contributed by atoms with Crippen LogP contribution in [0.15, 0.2) is 35.9 Å². The second kappa shape index (κ2) is 6.89. The van der Waals surface area contributed by atoms with Gasteiger partial charge in [-0.15, -0.1) is 0 Å². The Kier molecular flexibility index (Phi) is 4.63. The molecule has 0 atom stereocenters. The van der Waals surface area contributed by atoms with Crippen LogP contribution in [0.3, 0.4) is 0 Å². The lowest BCUT2D eigenvalue weighted by Crippen LogP contribution is -2.30. The van der Waals surface area contributed by atoms with E-state index in [2.05, 4.69) is 9.88 Å². The quantitative estimate of drug-likeness (QED) is 0.682. The van der Waals surface area contributed by atoms with Gasteiger partial charge in [0.2, 0.25) is 5.91 Å². The molecule has 0 unspecified atom stereocenters. The van der Waals surface area contributed by atoms with Crippen molar-refractivity contribution in [1.29, 1.82) is 5.26 Å². The summed E-state index contributed by atoms with van der Waals surface area (Å²) in [7, 11) is 0. The Bertz CT molecular complexity index is 945. The van der Waals surface area contributed by atoms with E-state index in [0.29, 0.717) is 0 Å². The van der Waals surface area contributed by atoms with Crippen molar-refractivity contribution in [2.24, 2.45) is 0 Å². The molecule has 2 aromatic rings. The van der Waals surface area contributed by atoms with E-state index in [1.807, 2.05) is 57.2 Å². The van der Waals surface area contributed by atoms with Gasteiger partial charge in [0, 0.05) is 17.1 Å². The number of carbonyl (C=O) groups is 2. The largest absolute Gasteiger partial charge is 0.337 e. The number of nitrogens with zero attached hydrogens (tertiary/aromatic N) is 3. The van der Waals surface area contributed by atoms with Crippen LogP contribution in [-0.4, -0.2) is 34.5 Å². The van der Waals surface area contributed by atoms with Gasteiger partial charge in [-0.25, -0.2) is 0 Å². The van der Waals surface area contributed by atoms with E-state index >= 15 is 0 Å². The summed E-state index contributed by atoms with van der Waals surface area (Å²) in [5, 5.41) is 12.0. The fourth-order valence-electron chi connectivity index (χ4n) is 3.10. The Hall–Kier alpha value is -3.33. The smallest absolute Gasteiger partial charge is 0.266 e. The molecular formula is C20H20N4O2. The van der Waals surface area contributed by atoms with E-state index in [1.165, 1.54) is 10.5 Å². The van der Waals surface area contributed by atoms with Crippen molar-refractivity contribution in [1.82, 2.24) is 14.8 Å². The number of hydrogen-bond acceptors (Lipinski definition) is 3.